The smallest absolute Gasteiger partial charge is 0.268 e. The number of amides is 2. The Morgan fingerprint density at radius 3 is 1.54 bits per heavy atom. The van der Waals surface area contributed by atoms with E-state index in [9.17, 15) is 9.59 Å². The molecule has 226 valence electrons. The first-order valence-corrected chi connectivity index (χ1v) is 15.4. The van der Waals surface area contributed by atoms with Crippen LogP contribution in [0.5, 0.6) is 0 Å². The van der Waals surface area contributed by atoms with Crippen molar-refractivity contribution < 1.29 is 9.59 Å². The fraction of sp³-hybridized carbons (Fsp3) is 0. The van der Waals surface area contributed by atoms with Crippen LogP contribution in [0.25, 0.3) is 60.9 Å². The molecule has 2 amide bonds. The predicted molar refractivity (Wildman–Crippen MR) is 186 cm³/mol. The standard InChI is InChI=1S/C40H24N6O2/c47-39-32-11-6-14-35(38(32)40(48)45(39)29-17-15-26(16-18-29)25-7-2-1-3-8-25)46-33-12-4-9-30(27-19-41-23-42-20-27)36(33)37-31(10-5-13-34(37)46)28-21-43-24-44-22-28/h1-24H. The molecule has 0 radical (unpaired) electrons. The molecule has 0 N–H and O–H groups in total. The van der Waals surface area contributed by atoms with Gasteiger partial charge in [-0.15, -0.1) is 0 Å². The van der Waals surface area contributed by atoms with Crippen LogP contribution in [0.2, 0.25) is 0 Å². The summed E-state index contributed by atoms with van der Waals surface area (Å²) in [5.74, 6) is -0.720. The Balaban J connectivity index is 1.27. The van der Waals surface area contributed by atoms with Crippen LogP contribution < -0.4 is 4.90 Å². The van der Waals surface area contributed by atoms with Crippen molar-refractivity contribution in [2.24, 2.45) is 0 Å². The Labute approximate surface area is 274 Å². The Morgan fingerprint density at radius 2 is 0.958 bits per heavy atom. The van der Waals surface area contributed by atoms with Crippen molar-refractivity contribution in [1.29, 1.82) is 0 Å². The quantitative estimate of drug-likeness (QED) is 0.180. The highest BCUT2D eigenvalue weighted by atomic mass is 16.2. The molecule has 8 heteroatoms. The van der Waals surface area contributed by atoms with Crippen molar-refractivity contribution in [3.63, 3.8) is 0 Å². The zero-order valence-electron chi connectivity index (χ0n) is 25.4. The zero-order valence-corrected chi connectivity index (χ0v) is 25.4. The summed E-state index contributed by atoms with van der Waals surface area (Å²) >= 11 is 0. The zero-order chi connectivity index (χ0) is 32.2. The third-order valence-corrected chi connectivity index (χ3v) is 8.93. The lowest BCUT2D eigenvalue weighted by Crippen LogP contribution is -2.29. The number of fused-ring (bicyclic) bond motifs is 4. The number of hydrogen-bond acceptors (Lipinski definition) is 6. The van der Waals surface area contributed by atoms with Crippen LogP contribution in [0.1, 0.15) is 20.7 Å². The van der Waals surface area contributed by atoms with Gasteiger partial charge in [0, 0.05) is 46.7 Å². The summed E-state index contributed by atoms with van der Waals surface area (Å²) in [6, 6.07) is 35.1. The first-order chi connectivity index (χ1) is 23.7. The lowest BCUT2D eigenvalue weighted by atomic mass is 9.97. The summed E-state index contributed by atoms with van der Waals surface area (Å²) in [6.45, 7) is 0. The second-order valence-corrected chi connectivity index (χ2v) is 11.5. The van der Waals surface area contributed by atoms with Gasteiger partial charge < -0.3 is 4.57 Å². The normalized spacial score (nSPS) is 12.6. The van der Waals surface area contributed by atoms with Crippen molar-refractivity contribution in [3.05, 3.63) is 158 Å². The number of rotatable bonds is 5. The van der Waals surface area contributed by atoms with E-state index in [0.717, 1.165) is 55.2 Å². The topological polar surface area (TPSA) is 93.9 Å². The van der Waals surface area contributed by atoms with E-state index in [-0.39, 0.29) is 11.8 Å². The molecule has 1 aliphatic rings. The van der Waals surface area contributed by atoms with Gasteiger partial charge in [-0.05, 0) is 58.7 Å². The number of carbonyl (C=O) groups is 2. The predicted octanol–water partition coefficient (Wildman–Crippen LogP) is 8.17. The number of carbonyl (C=O) groups excluding carboxylic acids is 2. The Bertz CT molecular complexity index is 2430. The van der Waals surface area contributed by atoms with Crippen LogP contribution in [-0.2, 0) is 0 Å². The fourth-order valence-electron chi connectivity index (χ4n) is 6.85. The summed E-state index contributed by atoms with van der Waals surface area (Å²) in [5, 5.41) is 1.92. The van der Waals surface area contributed by atoms with Crippen LogP contribution in [-0.4, -0.2) is 36.3 Å². The van der Waals surface area contributed by atoms with Gasteiger partial charge >= 0.3 is 0 Å². The number of nitrogens with zero attached hydrogens (tertiary/aromatic N) is 6. The van der Waals surface area contributed by atoms with Gasteiger partial charge in [0.05, 0.1) is 33.5 Å². The SMILES string of the molecule is O=C1c2cccc(-n3c4cccc(-c5cncnc5)c4c4c(-c5cncnc5)cccc43)c2C(=O)N1c1ccc(-c2ccccc2)cc1. The number of imide groups is 1. The van der Waals surface area contributed by atoms with Crippen molar-refractivity contribution in [2.75, 3.05) is 4.90 Å². The largest absolute Gasteiger partial charge is 0.308 e. The molecule has 0 aliphatic carbocycles. The third kappa shape index (κ3) is 4.16. The maximum absolute atomic E-state index is 14.4. The van der Waals surface area contributed by atoms with Gasteiger partial charge in [0.2, 0.25) is 0 Å². The molecule has 48 heavy (non-hydrogen) atoms. The lowest BCUT2D eigenvalue weighted by Gasteiger charge is -2.15. The van der Waals surface area contributed by atoms with Crippen LogP contribution in [0, 0.1) is 0 Å². The first kappa shape index (κ1) is 27.5. The van der Waals surface area contributed by atoms with Gasteiger partial charge in [-0.25, -0.2) is 24.8 Å². The molecular formula is C40H24N6O2. The van der Waals surface area contributed by atoms with E-state index in [0.29, 0.717) is 22.5 Å². The molecule has 0 spiro atoms. The molecule has 0 unspecified atom stereocenters. The van der Waals surface area contributed by atoms with E-state index < -0.39 is 0 Å². The molecule has 0 atom stereocenters. The van der Waals surface area contributed by atoms with Crippen molar-refractivity contribution in [2.45, 2.75) is 0 Å². The van der Waals surface area contributed by atoms with Gasteiger partial charge in [0.25, 0.3) is 11.8 Å². The number of hydrogen-bond donors (Lipinski definition) is 0. The molecule has 1 aliphatic heterocycles. The monoisotopic (exact) mass is 620 g/mol. The number of benzene rings is 5. The molecule has 4 heterocycles. The van der Waals surface area contributed by atoms with Crippen LogP contribution in [0.4, 0.5) is 5.69 Å². The third-order valence-electron chi connectivity index (χ3n) is 8.93. The van der Waals surface area contributed by atoms with Crippen molar-refractivity contribution in [1.82, 2.24) is 24.5 Å². The van der Waals surface area contributed by atoms with Crippen LogP contribution >= 0.6 is 0 Å². The van der Waals surface area contributed by atoms with Crippen molar-refractivity contribution >= 4 is 39.3 Å². The molecule has 3 aromatic heterocycles. The Morgan fingerprint density at radius 1 is 0.438 bits per heavy atom. The summed E-state index contributed by atoms with van der Waals surface area (Å²) in [4.78, 5) is 46.8. The Kier molecular flexibility index (Phi) is 6.26. The maximum atomic E-state index is 14.4. The highest BCUT2D eigenvalue weighted by Crippen LogP contribution is 2.44. The minimum Gasteiger partial charge on any atom is -0.308 e. The fourth-order valence-corrected chi connectivity index (χ4v) is 6.85. The van der Waals surface area contributed by atoms with Crippen molar-refractivity contribution in [3.8, 4) is 39.1 Å². The minimum atomic E-state index is -0.367. The average molecular weight is 621 g/mol. The molecule has 0 saturated heterocycles. The van der Waals surface area contributed by atoms with Gasteiger partial charge in [-0.3, -0.25) is 9.59 Å². The van der Waals surface area contributed by atoms with E-state index in [1.165, 1.54) is 17.6 Å². The van der Waals surface area contributed by atoms with Gasteiger partial charge in [-0.2, -0.15) is 0 Å². The molecule has 9 rings (SSSR count). The van der Waals surface area contributed by atoms with E-state index in [2.05, 4.69) is 24.5 Å². The van der Waals surface area contributed by atoms with Gasteiger partial charge in [0.15, 0.2) is 0 Å². The number of aromatic nitrogens is 5. The summed E-state index contributed by atoms with van der Waals surface area (Å²) in [6.07, 6.45) is 10.2. The second kappa shape index (κ2) is 10.9. The van der Waals surface area contributed by atoms with Crippen LogP contribution in [0.3, 0.4) is 0 Å². The molecule has 0 fully saturated rings. The lowest BCUT2D eigenvalue weighted by molar-refractivity contribution is 0.0926. The molecular weight excluding hydrogens is 596 g/mol. The molecule has 0 saturated carbocycles. The van der Waals surface area contributed by atoms with Crippen LogP contribution in [0.15, 0.2) is 147 Å². The highest BCUT2D eigenvalue weighted by molar-refractivity contribution is 6.36. The summed E-state index contributed by atoms with van der Waals surface area (Å²) in [5.41, 5.74) is 9.26. The van der Waals surface area contributed by atoms with E-state index >= 15 is 0 Å². The summed E-state index contributed by atoms with van der Waals surface area (Å²) < 4.78 is 2.08. The first-order valence-electron chi connectivity index (χ1n) is 15.4. The molecule has 8 nitrogen and oxygen atoms in total. The molecule has 0 bridgehead atoms. The minimum absolute atomic E-state index is 0.352. The van der Waals surface area contributed by atoms with E-state index in [1.807, 2.05) is 103 Å². The van der Waals surface area contributed by atoms with E-state index in [4.69, 9.17) is 0 Å². The molecule has 5 aromatic carbocycles. The highest BCUT2D eigenvalue weighted by Gasteiger charge is 2.39. The second-order valence-electron chi connectivity index (χ2n) is 11.5. The van der Waals surface area contributed by atoms with Gasteiger partial charge in [-0.1, -0.05) is 72.8 Å². The average Bonchev–Trinajstić information content (AvgIpc) is 3.63. The van der Waals surface area contributed by atoms with Gasteiger partial charge in [0.1, 0.15) is 12.7 Å². The Hall–Kier alpha value is -6.80. The molecule has 8 aromatic rings. The van der Waals surface area contributed by atoms with E-state index in [1.54, 1.807) is 30.9 Å². The summed E-state index contributed by atoms with van der Waals surface area (Å²) in [7, 11) is 0. The number of anilines is 1. The maximum Gasteiger partial charge on any atom is 0.268 e.